The van der Waals surface area contributed by atoms with Gasteiger partial charge in [0.25, 0.3) is 29.5 Å². The van der Waals surface area contributed by atoms with Crippen LogP contribution in [0.25, 0.3) is 43.1 Å². The fourth-order valence-electron chi connectivity index (χ4n) is 10.1. The van der Waals surface area contributed by atoms with Gasteiger partial charge >= 0.3 is 0 Å². The zero-order valence-electron chi connectivity index (χ0n) is 34.6. The van der Waals surface area contributed by atoms with Crippen molar-refractivity contribution in [1.82, 2.24) is 15.3 Å². The van der Waals surface area contributed by atoms with Crippen LogP contribution < -0.4 is 5.43 Å². The Labute approximate surface area is 357 Å². The smallest absolute Gasteiger partial charge is 0.280 e. The molecule has 1 aliphatic carbocycles. The second-order valence-electron chi connectivity index (χ2n) is 16.8. The number of benzene rings is 7. The molecular weight excluding hydrogens is 779 g/mol. The highest BCUT2D eigenvalue weighted by Crippen LogP contribution is 2.46. The fourth-order valence-corrected chi connectivity index (χ4v) is 10.1. The molecule has 5 amide bonds. The lowest BCUT2D eigenvalue weighted by Gasteiger charge is -2.35. The van der Waals surface area contributed by atoms with E-state index in [0.717, 1.165) is 91.1 Å². The quantitative estimate of drug-likeness (QED) is 0.0529. The molecule has 2 heterocycles. The molecule has 0 unspecified atom stereocenters. The predicted molar refractivity (Wildman–Crippen MR) is 237 cm³/mol. The minimum absolute atomic E-state index is 0.00734. The summed E-state index contributed by atoms with van der Waals surface area (Å²) in [5.41, 5.74) is 4.64. The van der Waals surface area contributed by atoms with Crippen molar-refractivity contribution < 1.29 is 33.6 Å². The van der Waals surface area contributed by atoms with Crippen molar-refractivity contribution in [3.63, 3.8) is 0 Å². The molecule has 7 aromatic rings. The van der Waals surface area contributed by atoms with Crippen LogP contribution in [0.2, 0.25) is 0 Å². The molecule has 0 atom stereocenters. The Kier molecular flexibility index (Phi) is 9.54. The number of ketones is 2. The number of carbonyl (C=O) groups is 7. The maximum atomic E-state index is 14.5. The van der Waals surface area contributed by atoms with Gasteiger partial charge in [-0.15, -0.1) is 0 Å². The van der Waals surface area contributed by atoms with E-state index >= 15 is 0 Å². The number of hydrazine groups is 1. The summed E-state index contributed by atoms with van der Waals surface area (Å²) in [5.74, 6) is -3.54. The summed E-state index contributed by atoms with van der Waals surface area (Å²) in [4.78, 5) is 99.2. The third-order valence-electron chi connectivity index (χ3n) is 13.2. The largest absolute Gasteiger partial charge is 0.289 e. The summed E-state index contributed by atoms with van der Waals surface area (Å²) in [7, 11) is 0. The minimum atomic E-state index is -0.807. The summed E-state index contributed by atoms with van der Waals surface area (Å²) in [6, 6.07) is 24.8. The summed E-state index contributed by atoms with van der Waals surface area (Å²) >= 11 is 0. The summed E-state index contributed by atoms with van der Waals surface area (Å²) in [5, 5.41) is 6.35. The first-order valence-corrected chi connectivity index (χ1v) is 21.7. The minimum Gasteiger partial charge on any atom is -0.289 e. The van der Waals surface area contributed by atoms with Crippen molar-refractivity contribution in [1.29, 1.82) is 0 Å². The van der Waals surface area contributed by atoms with E-state index in [2.05, 4.69) is 19.3 Å². The molecule has 0 spiro atoms. The van der Waals surface area contributed by atoms with Crippen molar-refractivity contribution >= 4 is 84.2 Å². The number of hydrogen-bond acceptors (Lipinski definition) is 7. The highest BCUT2D eigenvalue weighted by molar-refractivity contribution is 6.41. The van der Waals surface area contributed by atoms with Crippen molar-refractivity contribution in [3.8, 4) is 0 Å². The van der Waals surface area contributed by atoms with E-state index in [4.69, 9.17) is 0 Å². The number of imide groups is 2. The Morgan fingerprint density at radius 2 is 0.887 bits per heavy atom. The molecule has 0 bridgehead atoms. The Hall–Kier alpha value is -7.07. The van der Waals surface area contributed by atoms with Gasteiger partial charge in [-0.05, 0) is 87.6 Å². The molecule has 2 aliphatic heterocycles. The fraction of sp³-hybridized carbons (Fsp3) is 0.250. The first-order valence-electron chi connectivity index (χ1n) is 21.7. The molecule has 10 rings (SSSR count). The van der Waals surface area contributed by atoms with Crippen LogP contribution in [0, 0.1) is 0 Å². The Morgan fingerprint density at radius 3 is 1.35 bits per heavy atom. The van der Waals surface area contributed by atoms with Crippen molar-refractivity contribution in [3.05, 3.63) is 141 Å². The Balaban J connectivity index is 1.00. The Bertz CT molecular complexity index is 3010. The van der Waals surface area contributed by atoms with Gasteiger partial charge < -0.3 is 0 Å². The maximum absolute atomic E-state index is 14.5. The van der Waals surface area contributed by atoms with E-state index in [-0.39, 0.29) is 62.6 Å². The molecule has 3 aliphatic rings. The maximum Gasteiger partial charge on any atom is 0.280 e. The van der Waals surface area contributed by atoms with Crippen LogP contribution in [0.15, 0.2) is 91.0 Å². The second kappa shape index (κ2) is 15.1. The highest BCUT2D eigenvalue weighted by atomic mass is 16.2. The molecule has 62 heavy (non-hydrogen) atoms. The molecule has 0 fully saturated rings. The van der Waals surface area contributed by atoms with Gasteiger partial charge in [0, 0.05) is 55.8 Å². The Morgan fingerprint density at radius 1 is 0.468 bits per heavy atom. The van der Waals surface area contributed by atoms with Crippen LogP contribution in [-0.2, 0) is 0 Å². The third-order valence-corrected chi connectivity index (χ3v) is 13.2. The molecule has 0 saturated carbocycles. The summed E-state index contributed by atoms with van der Waals surface area (Å²) in [6.45, 7) is 4.34. The van der Waals surface area contributed by atoms with E-state index in [1.54, 1.807) is 36.4 Å². The first-order chi connectivity index (χ1) is 30.1. The lowest BCUT2D eigenvalue weighted by molar-refractivity contribution is 0.0477. The second-order valence-corrected chi connectivity index (χ2v) is 16.8. The van der Waals surface area contributed by atoms with Crippen LogP contribution >= 0.6 is 0 Å². The van der Waals surface area contributed by atoms with Crippen LogP contribution in [-0.4, -0.2) is 57.1 Å². The molecule has 1 N–H and O–H groups in total. The number of hydrogen-bond donors (Lipinski definition) is 1. The van der Waals surface area contributed by atoms with Gasteiger partial charge in [0.05, 0.1) is 11.1 Å². The van der Waals surface area contributed by atoms with E-state index < -0.39 is 23.5 Å². The number of unbranched alkanes of at least 4 members (excludes halogenated alkanes) is 6. The van der Waals surface area contributed by atoms with Crippen LogP contribution in [0.3, 0.4) is 0 Å². The number of amides is 5. The van der Waals surface area contributed by atoms with Crippen molar-refractivity contribution in [2.24, 2.45) is 0 Å². The van der Waals surface area contributed by atoms with E-state index in [1.807, 2.05) is 36.4 Å². The molecule has 0 aromatic heterocycles. The van der Waals surface area contributed by atoms with Crippen LogP contribution in [0.5, 0.6) is 0 Å². The molecule has 0 radical (unpaired) electrons. The van der Waals surface area contributed by atoms with E-state index in [0.29, 0.717) is 32.3 Å². The van der Waals surface area contributed by atoms with Crippen LogP contribution in [0.4, 0.5) is 0 Å². The van der Waals surface area contributed by atoms with Gasteiger partial charge in [0.2, 0.25) is 0 Å². The van der Waals surface area contributed by atoms with Gasteiger partial charge in [0.1, 0.15) is 0 Å². The number of carbonyl (C=O) groups excluding carboxylic acids is 7. The average molecular weight is 822 g/mol. The molecule has 10 nitrogen and oxygen atoms in total. The summed E-state index contributed by atoms with van der Waals surface area (Å²) < 4.78 is 0. The topological polar surface area (TPSA) is 138 Å². The first kappa shape index (κ1) is 39.1. The van der Waals surface area contributed by atoms with E-state index in [9.17, 15) is 33.6 Å². The van der Waals surface area contributed by atoms with Gasteiger partial charge in [-0.1, -0.05) is 114 Å². The molecular formula is C52H43N3O7. The SMILES string of the molecule is CCCCCCC(CCCCCC)N1C(=O)c2ccc3c4ccc5c6c(ccc(c7ccc(c2c37)C1=O)c64)C(=O)N(NC(=O)c1ccc2c(c1)C(=O)c1ccccc1C2=O)C5=O. The molecule has 0 saturated heterocycles. The zero-order valence-corrected chi connectivity index (χ0v) is 34.6. The van der Waals surface area contributed by atoms with Gasteiger partial charge in [-0.2, -0.15) is 5.01 Å². The van der Waals surface area contributed by atoms with Gasteiger partial charge in [0.15, 0.2) is 11.6 Å². The number of nitrogens with one attached hydrogen (secondary N) is 1. The molecule has 7 aromatic carbocycles. The van der Waals surface area contributed by atoms with E-state index in [1.165, 1.54) is 23.1 Å². The normalized spacial score (nSPS) is 14.6. The number of rotatable bonds is 13. The zero-order chi connectivity index (χ0) is 43.0. The lowest BCUT2D eigenvalue weighted by Crippen LogP contribution is -2.51. The number of nitrogens with zero attached hydrogens (tertiary/aromatic N) is 2. The molecule has 308 valence electrons. The third kappa shape index (κ3) is 5.80. The van der Waals surface area contributed by atoms with Crippen molar-refractivity contribution in [2.75, 3.05) is 0 Å². The standard InChI is InChI=1S/C52H43N3O7/c1-3-5-7-9-13-29(14-10-8-6-4-2)54-49(59)37-23-19-30-32-21-25-39-45-40(26-22-33(43(32)45)31-20-24-38(50(54)60)44(37)42(30)31)52(62)55(51(39)61)53-48(58)28-17-18-36-41(27-28)47(57)35-16-12-11-15-34(35)46(36)56/h11-12,15-27,29H,3-10,13-14H2,1-2H3,(H,53,58). The summed E-state index contributed by atoms with van der Waals surface area (Å²) in [6.07, 6.45) is 10.1. The number of fused-ring (bicyclic) bond motifs is 4. The molecule has 10 heteroatoms. The monoisotopic (exact) mass is 821 g/mol. The van der Waals surface area contributed by atoms with Gasteiger partial charge in [-0.3, -0.25) is 43.9 Å². The predicted octanol–water partition coefficient (Wildman–Crippen LogP) is 10.4. The van der Waals surface area contributed by atoms with Crippen LogP contribution in [0.1, 0.15) is 162 Å². The highest BCUT2D eigenvalue weighted by Gasteiger charge is 2.40. The van der Waals surface area contributed by atoms with Crippen molar-refractivity contribution in [2.45, 2.75) is 84.1 Å². The lowest BCUT2D eigenvalue weighted by atomic mass is 9.82. The average Bonchev–Trinajstić information content (AvgIpc) is 3.29. The van der Waals surface area contributed by atoms with Gasteiger partial charge in [-0.25, -0.2) is 0 Å².